The van der Waals surface area contributed by atoms with Crippen molar-refractivity contribution in [2.45, 2.75) is 33.1 Å². The first kappa shape index (κ1) is 17.9. The Bertz CT molecular complexity index is 549. The first-order valence-electron chi connectivity index (χ1n) is 7.64. The third kappa shape index (κ3) is 5.34. The van der Waals surface area contributed by atoms with Gasteiger partial charge in [-0.2, -0.15) is 0 Å². The number of hydrogen-bond acceptors (Lipinski definition) is 2. The van der Waals surface area contributed by atoms with E-state index < -0.39 is 0 Å². The highest BCUT2D eigenvalue weighted by molar-refractivity contribution is 5.76. The van der Waals surface area contributed by atoms with Gasteiger partial charge < -0.3 is 0 Å². The molecule has 1 amide bonds. The van der Waals surface area contributed by atoms with Gasteiger partial charge in [-0.1, -0.05) is 74.0 Å². The Hall–Kier alpha value is -2.13. The second-order valence-electron chi connectivity index (χ2n) is 4.81. The Balaban J connectivity index is 0.00000116. The van der Waals surface area contributed by atoms with Gasteiger partial charge in [0.1, 0.15) is 0 Å². The van der Waals surface area contributed by atoms with Crippen molar-refractivity contribution in [3.05, 3.63) is 71.3 Å². The lowest BCUT2D eigenvalue weighted by Gasteiger charge is -2.17. The fourth-order valence-corrected chi connectivity index (χ4v) is 2.25. The lowest BCUT2D eigenvalue weighted by Crippen LogP contribution is -2.24. The van der Waals surface area contributed by atoms with Crippen LogP contribution in [0, 0.1) is 6.92 Å². The van der Waals surface area contributed by atoms with E-state index in [2.05, 4.69) is 36.7 Å². The quantitative estimate of drug-likeness (QED) is 0.839. The van der Waals surface area contributed by atoms with Crippen molar-refractivity contribution in [3.8, 4) is 0 Å². The summed E-state index contributed by atoms with van der Waals surface area (Å²) in [4.78, 5) is 16.5. The number of carbonyl (C=O) groups excluding carboxylic acids is 1. The molecule has 0 heterocycles. The third-order valence-corrected chi connectivity index (χ3v) is 3.29. The molecule has 0 fully saturated rings. The molecule has 1 atom stereocenters. The summed E-state index contributed by atoms with van der Waals surface area (Å²) in [6, 6.07) is 18.3. The van der Waals surface area contributed by atoms with Gasteiger partial charge in [0.2, 0.25) is 5.91 Å². The molecule has 22 heavy (non-hydrogen) atoms. The van der Waals surface area contributed by atoms with E-state index in [1.807, 2.05) is 44.2 Å². The Labute approximate surface area is 133 Å². The van der Waals surface area contributed by atoms with Gasteiger partial charge in [0.15, 0.2) is 0 Å². The van der Waals surface area contributed by atoms with E-state index >= 15 is 0 Å². The Morgan fingerprint density at radius 2 is 1.55 bits per heavy atom. The van der Waals surface area contributed by atoms with E-state index in [4.69, 9.17) is 4.84 Å². The molecule has 0 saturated carbocycles. The van der Waals surface area contributed by atoms with Gasteiger partial charge in [0, 0.05) is 12.3 Å². The summed E-state index contributed by atoms with van der Waals surface area (Å²) >= 11 is 0. The summed E-state index contributed by atoms with van der Waals surface area (Å²) in [5, 5.41) is 0. The summed E-state index contributed by atoms with van der Waals surface area (Å²) in [5.41, 5.74) is 5.86. The number of nitrogens with one attached hydrogen (secondary N) is 1. The maximum Gasteiger partial charge on any atom is 0.244 e. The van der Waals surface area contributed by atoms with Crippen LogP contribution in [0.15, 0.2) is 54.6 Å². The van der Waals surface area contributed by atoms with Gasteiger partial charge in [0.25, 0.3) is 0 Å². The smallest absolute Gasteiger partial charge is 0.244 e. The average molecular weight is 299 g/mol. The molecule has 0 radical (unpaired) electrons. The zero-order chi connectivity index (χ0) is 16.4. The van der Waals surface area contributed by atoms with Crippen molar-refractivity contribution >= 4 is 5.91 Å². The maximum atomic E-state index is 11.8. The molecular weight excluding hydrogens is 274 g/mol. The first-order chi connectivity index (χ1) is 10.7. The van der Waals surface area contributed by atoms with Crippen LogP contribution in [0.4, 0.5) is 0 Å². The third-order valence-electron chi connectivity index (χ3n) is 3.29. The molecule has 2 rings (SSSR count). The van der Waals surface area contributed by atoms with Gasteiger partial charge in [0.05, 0.1) is 7.11 Å². The van der Waals surface area contributed by atoms with Crippen LogP contribution in [-0.4, -0.2) is 13.0 Å². The van der Waals surface area contributed by atoms with E-state index in [0.29, 0.717) is 6.42 Å². The van der Waals surface area contributed by atoms with Crippen LogP contribution in [0.2, 0.25) is 0 Å². The van der Waals surface area contributed by atoms with Crippen molar-refractivity contribution in [1.29, 1.82) is 0 Å². The molecule has 1 N–H and O–H groups in total. The van der Waals surface area contributed by atoms with E-state index in [1.54, 1.807) is 0 Å². The summed E-state index contributed by atoms with van der Waals surface area (Å²) < 4.78 is 0. The molecule has 2 aromatic rings. The van der Waals surface area contributed by atoms with Crippen LogP contribution >= 0.6 is 0 Å². The maximum absolute atomic E-state index is 11.8. The molecule has 0 aliphatic carbocycles. The zero-order valence-electron chi connectivity index (χ0n) is 13.8. The van der Waals surface area contributed by atoms with E-state index in [9.17, 15) is 4.79 Å². The summed E-state index contributed by atoms with van der Waals surface area (Å²) in [5.74, 6) is -0.0890. The van der Waals surface area contributed by atoms with Crippen molar-refractivity contribution in [1.82, 2.24) is 5.48 Å². The largest absolute Gasteiger partial charge is 0.277 e. The van der Waals surface area contributed by atoms with Crippen LogP contribution in [0.1, 0.15) is 42.9 Å². The number of rotatable bonds is 5. The molecule has 0 aliphatic rings. The van der Waals surface area contributed by atoms with Crippen molar-refractivity contribution < 1.29 is 9.63 Å². The van der Waals surface area contributed by atoms with Crippen LogP contribution < -0.4 is 5.48 Å². The standard InChI is InChI=1S/C17H19NO2.C2H6/c1-13-8-10-15(11-9-13)16(12-17(19)18-20-2)14-6-4-3-5-7-14;1-2/h3-11,16H,12H2,1-2H3,(H,18,19);1-2H3. The molecule has 3 heteroatoms. The highest BCUT2D eigenvalue weighted by atomic mass is 16.6. The molecule has 0 saturated heterocycles. The predicted octanol–water partition coefficient (Wildman–Crippen LogP) is 4.22. The molecule has 2 aromatic carbocycles. The molecule has 0 bridgehead atoms. The second kappa shape index (κ2) is 9.74. The molecule has 3 nitrogen and oxygen atoms in total. The number of benzene rings is 2. The van der Waals surface area contributed by atoms with Gasteiger partial charge >= 0.3 is 0 Å². The fraction of sp³-hybridized carbons (Fsp3) is 0.316. The average Bonchev–Trinajstić information content (AvgIpc) is 2.57. The minimum atomic E-state index is -0.123. The van der Waals surface area contributed by atoms with Gasteiger partial charge in [-0.05, 0) is 18.1 Å². The van der Waals surface area contributed by atoms with Crippen LogP contribution in [-0.2, 0) is 9.63 Å². The van der Waals surface area contributed by atoms with Crippen molar-refractivity contribution in [2.24, 2.45) is 0 Å². The molecule has 118 valence electrons. The Kier molecular flexibility index (Phi) is 7.94. The van der Waals surface area contributed by atoms with Crippen LogP contribution in [0.5, 0.6) is 0 Å². The summed E-state index contributed by atoms with van der Waals surface area (Å²) in [7, 11) is 1.45. The fourth-order valence-electron chi connectivity index (χ4n) is 2.25. The van der Waals surface area contributed by atoms with E-state index in [1.165, 1.54) is 12.7 Å². The zero-order valence-corrected chi connectivity index (χ0v) is 13.8. The first-order valence-corrected chi connectivity index (χ1v) is 7.64. The number of carbonyl (C=O) groups is 1. The van der Waals surface area contributed by atoms with Gasteiger partial charge in [-0.3, -0.25) is 9.63 Å². The van der Waals surface area contributed by atoms with Crippen LogP contribution in [0.25, 0.3) is 0 Å². The number of aryl methyl sites for hydroxylation is 1. The van der Waals surface area contributed by atoms with E-state index in [0.717, 1.165) is 11.1 Å². The lowest BCUT2D eigenvalue weighted by molar-refractivity contribution is -0.131. The molecule has 0 spiro atoms. The number of hydrogen-bond donors (Lipinski definition) is 1. The predicted molar refractivity (Wildman–Crippen MR) is 90.6 cm³/mol. The van der Waals surface area contributed by atoms with Gasteiger partial charge in [-0.15, -0.1) is 0 Å². The summed E-state index contributed by atoms with van der Waals surface area (Å²) in [6.07, 6.45) is 0.362. The Morgan fingerprint density at radius 1 is 1.00 bits per heavy atom. The van der Waals surface area contributed by atoms with E-state index in [-0.39, 0.29) is 11.8 Å². The monoisotopic (exact) mass is 299 g/mol. The minimum absolute atomic E-state index is 0.0342. The van der Waals surface area contributed by atoms with Crippen molar-refractivity contribution in [3.63, 3.8) is 0 Å². The number of amides is 1. The molecular formula is C19H25NO2. The Morgan fingerprint density at radius 3 is 2.09 bits per heavy atom. The topological polar surface area (TPSA) is 38.3 Å². The van der Waals surface area contributed by atoms with Crippen LogP contribution in [0.3, 0.4) is 0 Å². The van der Waals surface area contributed by atoms with Gasteiger partial charge in [-0.25, -0.2) is 5.48 Å². The molecule has 0 aliphatic heterocycles. The molecule has 1 unspecified atom stereocenters. The highest BCUT2D eigenvalue weighted by Gasteiger charge is 2.17. The summed E-state index contributed by atoms with van der Waals surface area (Å²) in [6.45, 7) is 6.05. The lowest BCUT2D eigenvalue weighted by atomic mass is 9.88. The highest BCUT2D eigenvalue weighted by Crippen LogP contribution is 2.28. The number of hydroxylamine groups is 1. The second-order valence-corrected chi connectivity index (χ2v) is 4.81. The minimum Gasteiger partial charge on any atom is -0.277 e. The molecule has 0 aromatic heterocycles. The normalized spacial score (nSPS) is 11.1. The SMILES string of the molecule is CC.CONC(=O)CC(c1ccccc1)c1ccc(C)cc1. The van der Waals surface area contributed by atoms with Crippen molar-refractivity contribution in [2.75, 3.05) is 7.11 Å².